The van der Waals surface area contributed by atoms with Crippen molar-refractivity contribution in [3.8, 4) is 0 Å². The third kappa shape index (κ3) is 8.61. The van der Waals surface area contributed by atoms with Crippen molar-refractivity contribution >= 4 is 43.4 Å². The second kappa shape index (κ2) is 15.1. The van der Waals surface area contributed by atoms with Crippen LogP contribution in [0.5, 0.6) is 0 Å². The van der Waals surface area contributed by atoms with Crippen LogP contribution in [0.2, 0.25) is 0 Å². The molecule has 0 radical (unpaired) electrons. The molecule has 0 bridgehead atoms. The van der Waals surface area contributed by atoms with Gasteiger partial charge in [-0.05, 0) is 49.1 Å². The van der Waals surface area contributed by atoms with Crippen LogP contribution in [0.3, 0.4) is 0 Å². The van der Waals surface area contributed by atoms with Crippen molar-refractivity contribution in [2.24, 2.45) is 0 Å². The standard InChI is InChI=1S/C30H34N3O6PS/c34-28(35)20-33(26-16-8-3-9-17-26)22-41-21-27(30(33)37)32-40(38)39-18-10-15-25(19-23-11-4-1-5-12-23)31-29(36)24-13-6-2-7-14-24/h1-9,11-14,16-17,25,27,40H,10,15,18-22H2,(H2-,31,32,34,35,36,38)/p+1/t25?,27-,33?/m0/s1. The summed E-state index contributed by atoms with van der Waals surface area (Å²) in [6, 6.07) is 26.8. The van der Waals surface area contributed by atoms with Crippen molar-refractivity contribution in [1.82, 2.24) is 14.9 Å². The molecule has 1 aliphatic heterocycles. The molecule has 0 aromatic heterocycles. The Balaban J connectivity index is 1.32. The molecule has 4 rings (SSSR count). The highest BCUT2D eigenvalue weighted by Crippen LogP contribution is 2.33. The number of carbonyl (C=O) groups is 3. The molecule has 1 fully saturated rings. The fourth-order valence-corrected chi connectivity index (χ4v) is 7.20. The summed E-state index contributed by atoms with van der Waals surface area (Å²) in [6.07, 6.45) is 1.79. The van der Waals surface area contributed by atoms with Gasteiger partial charge in [0.25, 0.3) is 14.1 Å². The highest BCUT2D eigenvalue weighted by molar-refractivity contribution is 7.99. The second-order valence-electron chi connectivity index (χ2n) is 9.89. The minimum atomic E-state index is -2.78. The van der Waals surface area contributed by atoms with Crippen molar-refractivity contribution in [2.75, 3.05) is 24.8 Å². The molecule has 41 heavy (non-hydrogen) atoms. The average molecular weight is 597 g/mol. The fraction of sp³-hybridized carbons (Fsp3) is 0.300. The van der Waals surface area contributed by atoms with Gasteiger partial charge in [-0.1, -0.05) is 78.5 Å². The molecule has 0 saturated carbocycles. The van der Waals surface area contributed by atoms with Crippen LogP contribution in [-0.2, 0) is 25.1 Å². The third-order valence-corrected chi connectivity index (χ3v) is 9.13. The summed E-state index contributed by atoms with van der Waals surface area (Å²) in [5.74, 6) is -0.928. The number of nitrogens with zero attached hydrogens (tertiary/aromatic N) is 1. The lowest BCUT2D eigenvalue weighted by molar-refractivity contribution is -0.143. The zero-order valence-corrected chi connectivity index (χ0v) is 24.4. The summed E-state index contributed by atoms with van der Waals surface area (Å²) in [4.78, 5) is 38.0. The van der Waals surface area contributed by atoms with Crippen LogP contribution in [0.4, 0.5) is 5.69 Å². The molecule has 1 heterocycles. The highest BCUT2D eigenvalue weighted by Gasteiger charge is 2.49. The van der Waals surface area contributed by atoms with Gasteiger partial charge in [0.15, 0.2) is 6.54 Å². The Morgan fingerprint density at radius 3 is 2.29 bits per heavy atom. The number of amides is 2. The van der Waals surface area contributed by atoms with E-state index in [1.54, 1.807) is 36.4 Å². The molecule has 3 N–H and O–H groups in total. The number of benzene rings is 3. The number of carboxylic acids is 1. The van der Waals surface area contributed by atoms with Crippen molar-refractivity contribution < 1.29 is 28.6 Å². The Bertz CT molecular complexity index is 1330. The number of carboxylic acid groups (broad SMARTS) is 1. The van der Waals surface area contributed by atoms with Gasteiger partial charge in [0.2, 0.25) is 0 Å². The molecule has 2 amide bonds. The van der Waals surface area contributed by atoms with E-state index in [9.17, 15) is 24.1 Å². The Morgan fingerprint density at radius 2 is 1.63 bits per heavy atom. The van der Waals surface area contributed by atoms with Crippen LogP contribution < -0.4 is 14.9 Å². The number of nitrogens with one attached hydrogen (secondary N) is 2. The van der Waals surface area contributed by atoms with E-state index in [2.05, 4.69) is 10.4 Å². The summed E-state index contributed by atoms with van der Waals surface area (Å²) >= 11 is 1.44. The van der Waals surface area contributed by atoms with Gasteiger partial charge in [-0.15, -0.1) is 0 Å². The van der Waals surface area contributed by atoms with Crippen molar-refractivity contribution in [3.63, 3.8) is 0 Å². The number of rotatable bonds is 14. The van der Waals surface area contributed by atoms with E-state index in [1.165, 1.54) is 11.8 Å². The van der Waals surface area contributed by atoms with E-state index in [-0.39, 0.29) is 34.8 Å². The summed E-state index contributed by atoms with van der Waals surface area (Å²) < 4.78 is 18.0. The van der Waals surface area contributed by atoms with E-state index in [0.717, 1.165) is 5.56 Å². The van der Waals surface area contributed by atoms with E-state index >= 15 is 0 Å². The maximum Gasteiger partial charge on any atom is 0.360 e. The van der Waals surface area contributed by atoms with Gasteiger partial charge in [-0.25, -0.2) is 19.2 Å². The van der Waals surface area contributed by atoms with Gasteiger partial charge in [-0.2, -0.15) is 0 Å². The smallest absolute Gasteiger partial charge is 0.360 e. The number of carbonyl (C=O) groups excluding carboxylic acids is 2. The zero-order chi connectivity index (χ0) is 29.1. The molecule has 3 aromatic carbocycles. The van der Waals surface area contributed by atoms with Crippen molar-refractivity contribution in [1.29, 1.82) is 0 Å². The maximum absolute atomic E-state index is 13.5. The molecule has 11 heteroatoms. The first-order chi connectivity index (χ1) is 19.9. The van der Waals surface area contributed by atoms with E-state index in [0.29, 0.717) is 36.3 Å². The normalized spacial score (nSPS) is 20.2. The molecule has 9 nitrogen and oxygen atoms in total. The summed E-state index contributed by atoms with van der Waals surface area (Å²) in [6.45, 7) is -0.216. The van der Waals surface area contributed by atoms with Crippen LogP contribution in [0.1, 0.15) is 28.8 Å². The number of hydrogen-bond donors (Lipinski definition) is 3. The molecule has 3 unspecified atom stereocenters. The quantitative estimate of drug-likeness (QED) is 0.141. The van der Waals surface area contributed by atoms with E-state index < -0.39 is 26.7 Å². The monoisotopic (exact) mass is 596 g/mol. The Morgan fingerprint density at radius 1 is 1.00 bits per heavy atom. The first-order valence-electron chi connectivity index (χ1n) is 13.5. The molecule has 4 atom stereocenters. The second-order valence-corrected chi connectivity index (χ2v) is 12.0. The minimum Gasteiger partial charge on any atom is -0.477 e. The van der Waals surface area contributed by atoms with Gasteiger partial charge in [-0.3, -0.25) is 9.36 Å². The third-order valence-electron chi connectivity index (χ3n) is 6.89. The predicted octanol–water partition coefficient (Wildman–Crippen LogP) is 4.50. The van der Waals surface area contributed by atoms with Crippen LogP contribution in [-0.4, -0.2) is 59.8 Å². The van der Waals surface area contributed by atoms with Gasteiger partial charge >= 0.3 is 11.9 Å². The molecular weight excluding hydrogens is 561 g/mol. The summed E-state index contributed by atoms with van der Waals surface area (Å²) in [5.41, 5.74) is 2.26. The van der Waals surface area contributed by atoms with Crippen LogP contribution >= 0.6 is 19.9 Å². The molecule has 0 spiro atoms. The Kier molecular flexibility index (Phi) is 11.3. The molecule has 1 aliphatic rings. The first-order valence-corrected chi connectivity index (χ1v) is 15.9. The van der Waals surface area contributed by atoms with Crippen LogP contribution in [0.15, 0.2) is 91.0 Å². The maximum atomic E-state index is 13.5. The van der Waals surface area contributed by atoms with Gasteiger partial charge < -0.3 is 14.9 Å². The van der Waals surface area contributed by atoms with Crippen LogP contribution in [0, 0.1) is 0 Å². The van der Waals surface area contributed by atoms with Gasteiger partial charge in [0.05, 0.1) is 6.61 Å². The van der Waals surface area contributed by atoms with Gasteiger partial charge in [0.1, 0.15) is 17.6 Å². The lowest BCUT2D eigenvalue weighted by Gasteiger charge is -2.39. The Hall–Kier alpha value is -3.27. The number of quaternary nitrogens is 1. The van der Waals surface area contributed by atoms with Gasteiger partial charge in [0, 0.05) is 17.4 Å². The largest absolute Gasteiger partial charge is 0.477 e. The topological polar surface area (TPSA) is 122 Å². The number of hydrogen-bond acceptors (Lipinski definition) is 6. The average Bonchev–Trinajstić information content (AvgIpc) is 2.98. The lowest BCUT2D eigenvalue weighted by Crippen LogP contribution is -2.65. The molecular formula is C30H35N3O6PS+. The molecule has 3 aromatic rings. The van der Waals surface area contributed by atoms with E-state index in [4.69, 9.17) is 4.52 Å². The molecule has 0 aliphatic carbocycles. The Labute approximate surface area is 244 Å². The first kappa shape index (κ1) is 30.7. The SMILES string of the molecule is O=C(O)C[N+]1(c2ccccc2)CSC[C@H](N[PH](=O)OCCCC(Cc2ccccc2)NC(=O)c2ccccc2)C1=O. The summed E-state index contributed by atoms with van der Waals surface area (Å²) in [5, 5.41) is 15.5. The predicted molar refractivity (Wildman–Crippen MR) is 162 cm³/mol. The molecule has 216 valence electrons. The van der Waals surface area contributed by atoms with Crippen molar-refractivity contribution in [3.05, 3.63) is 102 Å². The zero-order valence-electron chi connectivity index (χ0n) is 22.6. The number of thioether (sulfide) groups is 1. The molecule has 1 saturated heterocycles. The van der Waals surface area contributed by atoms with Crippen molar-refractivity contribution in [2.45, 2.75) is 31.3 Å². The fourth-order valence-electron chi connectivity index (χ4n) is 4.88. The van der Waals surface area contributed by atoms with E-state index in [1.807, 2.05) is 54.6 Å². The number of para-hydroxylation sites is 1. The minimum absolute atomic E-state index is 0.153. The van der Waals surface area contributed by atoms with Crippen LogP contribution in [0.25, 0.3) is 0 Å². The summed E-state index contributed by atoms with van der Waals surface area (Å²) in [7, 11) is -2.78. The number of aliphatic carboxylic acids is 1. The highest BCUT2D eigenvalue weighted by atomic mass is 32.2. The lowest BCUT2D eigenvalue weighted by atomic mass is 10.0.